The Morgan fingerprint density at radius 3 is 2.71 bits per heavy atom. The molecule has 1 heterocycles. The van der Waals surface area contributed by atoms with E-state index < -0.39 is 12.0 Å². The maximum absolute atomic E-state index is 11.1. The molecule has 2 unspecified atom stereocenters. The van der Waals surface area contributed by atoms with E-state index >= 15 is 0 Å². The van der Waals surface area contributed by atoms with Crippen molar-refractivity contribution in [1.29, 1.82) is 0 Å². The van der Waals surface area contributed by atoms with Gasteiger partial charge in [0.25, 0.3) is 0 Å². The molecule has 1 saturated heterocycles. The number of carboxylic acid groups (broad SMARTS) is 1. The van der Waals surface area contributed by atoms with Gasteiger partial charge < -0.3 is 20.1 Å². The van der Waals surface area contributed by atoms with Crippen molar-refractivity contribution in [3.8, 4) is 0 Å². The second-order valence-corrected chi connectivity index (χ2v) is 4.35. The Labute approximate surface area is 103 Å². The van der Waals surface area contributed by atoms with Gasteiger partial charge in [0, 0.05) is 19.7 Å². The van der Waals surface area contributed by atoms with Gasteiger partial charge in [0.1, 0.15) is 6.04 Å². The summed E-state index contributed by atoms with van der Waals surface area (Å²) in [6.45, 7) is 8.47. The van der Waals surface area contributed by atoms with E-state index in [1.54, 1.807) is 0 Å². The first-order valence-electron chi connectivity index (χ1n) is 6.49. The number of hydrogen-bond acceptors (Lipinski definition) is 4. The van der Waals surface area contributed by atoms with Crippen LogP contribution in [0.5, 0.6) is 0 Å². The van der Waals surface area contributed by atoms with E-state index in [9.17, 15) is 4.79 Å². The highest BCUT2D eigenvalue weighted by Crippen LogP contribution is 2.15. The van der Waals surface area contributed by atoms with Crippen molar-refractivity contribution in [3.05, 3.63) is 0 Å². The molecule has 0 amide bonds. The molecule has 5 nitrogen and oxygen atoms in total. The van der Waals surface area contributed by atoms with E-state index in [2.05, 4.69) is 24.1 Å². The van der Waals surface area contributed by atoms with Gasteiger partial charge in [-0.3, -0.25) is 4.79 Å². The van der Waals surface area contributed by atoms with Gasteiger partial charge in [0.2, 0.25) is 0 Å². The highest BCUT2D eigenvalue weighted by molar-refractivity contribution is 5.74. The molecular weight excluding hydrogens is 220 g/mol. The molecular formula is C12H24N2O3. The van der Waals surface area contributed by atoms with Crippen LogP contribution in [0.1, 0.15) is 26.7 Å². The minimum atomic E-state index is -0.809. The maximum Gasteiger partial charge on any atom is 0.323 e. The van der Waals surface area contributed by atoms with Crippen molar-refractivity contribution in [3.63, 3.8) is 0 Å². The molecule has 1 aliphatic rings. The number of nitrogens with zero attached hydrogens (tertiary/aromatic N) is 1. The monoisotopic (exact) mass is 244 g/mol. The highest BCUT2D eigenvalue weighted by Gasteiger charge is 2.30. The highest BCUT2D eigenvalue weighted by atomic mass is 16.5. The summed E-state index contributed by atoms with van der Waals surface area (Å²) in [5.74, 6) is -0.809. The first-order valence-corrected chi connectivity index (χ1v) is 6.49. The topological polar surface area (TPSA) is 61.8 Å². The van der Waals surface area contributed by atoms with Gasteiger partial charge in [0.15, 0.2) is 0 Å². The summed E-state index contributed by atoms with van der Waals surface area (Å²) in [6, 6.07) is -0.562. The number of carboxylic acids is 1. The van der Waals surface area contributed by atoms with E-state index in [4.69, 9.17) is 9.84 Å². The molecule has 1 rings (SSSR count). The van der Waals surface area contributed by atoms with Crippen molar-refractivity contribution in [2.45, 2.75) is 38.8 Å². The van der Waals surface area contributed by atoms with Gasteiger partial charge in [-0.15, -0.1) is 0 Å². The molecule has 17 heavy (non-hydrogen) atoms. The van der Waals surface area contributed by atoms with Crippen molar-refractivity contribution in [1.82, 2.24) is 10.2 Å². The van der Waals surface area contributed by atoms with Crippen LogP contribution in [0.2, 0.25) is 0 Å². The summed E-state index contributed by atoms with van der Waals surface area (Å²) in [6.07, 6.45) is 1.64. The fourth-order valence-corrected chi connectivity index (χ4v) is 2.16. The molecule has 1 fully saturated rings. The molecule has 0 aromatic heterocycles. The average molecular weight is 244 g/mol. The van der Waals surface area contributed by atoms with E-state index in [0.29, 0.717) is 13.2 Å². The third-order valence-corrected chi connectivity index (χ3v) is 3.29. The van der Waals surface area contributed by atoms with Crippen molar-refractivity contribution < 1.29 is 14.6 Å². The predicted molar refractivity (Wildman–Crippen MR) is 66.2 cm³/mol. The second-order valence-electron chi connectivity index (χ2n) is 4.35. The number of hydrogen-bond donors (Lipinski definition) is 2. The Morgan fingerprint density at radius 2 is 2.24 bits per heavy atom. The van der Waals surface area contributed by atoms with E-state index in [-0.39, 0.29) is 6.10 Å². The lowest BCUT2D eigenvalue weighted by molar-refractivity contribution is -0.142. The Balaban J connectivity index is 2.31. The van der Waals surface area contributed by atoms with E-state index in [1.807, 2.05) is 0 Å². The van der Waals surface area contributed by atoms with Gasteiger partial charge in [-0.1, -0.05) is 13.8 Å². The standard InChI is InChI=1S/C12H24N2O3/c1-3-14(4-2)8-7-13-11(12(15)16)10-6-5-9-17-10/h10-11,13H,3-9H2,1-2H3,(H,15,16). The molecule has 2 atom stereocenters. The fourth-order valence-electron chi connectivity index (χ4n) is 2.16. The maximum atomic E-state index is 11.1. The lowest BCUT2D eigenvalue weighted by atomic mass is 10.1. The number of likely N-dealkylation sites (N-methyl/N-ethyl adjacent to an activating group) is 1. The third kappa shape index (κ3) is 4.61. The molecule has 0 aromatic rings. The van der Waals surface area contributed by atoms with Crippen molar-refractivity contribution in [2.24, 2.45) is 0 Å². The van der Waals surface area contributed by atoms with E-state index in [1.165, 1.54) is 0 Å². The molecule has 0 aromatic carbocycles. The number of aliphatic carboxylic acids is 1. The zero-order valence-corrected chi connectivity index (χ0v) is 10.8. The molecule has 0 aliphatic carbocycles. The summed E-state index contributed by atoms with van der Waals surface area (Å²) < 4.78 is 5.43. The van der Waals surface area contributed by atoms with Gasteiger partial charge >= 0.3 is 5.97 Å². The van der Waals surface area contributed by atoms with Crippen LogP contribution in [0.3, 0.4) is 0 Å². The van der Waals surface area contributed by atoms with Crippen LogP contribution in [0.15, 0.2) is 0 Å². The molecule has 5 heteroatoms. The Morgan fingerprint density at radius 1 is 1.53 bits per heavy atom. The van der Waals surface area contributed by atoms with Crippen LogP contribution < -0.4 is 5.32 Å². The van der Waals surface area contributed by atoms with Crippen molar-refractivity contribution >= 4 is 5.97 Å². The number of carbonyl (C=O) groups is 1. The quantitative estimate of drug-likeness (QED) is 0.653. The predicted octanol–water partition coefficient (Wildman–Crippen LogP) is 0.550. The Kier molecular flexibility index (Phi) is 6.47. The van der Waals surface area contributed by atoms with Crippen LogP contribution in [-0.4, -0.2) is 60.9 Å². The summed E-state index contributed by atoms with van der Waals surface area (Å²) in [7, 11) is 0. The van der Waals surface area contributed by atoms with Crippen LogP contribution in [0.4, 0.5) is 0 Å². The number of ether oxygens (including phenoxy) is 1. The van der Waals surface area contributed by atoms with Crippen LogP contribution in [0.25, 0.3) is 0 Å². The minimum Gasteiger partial charge on any atom is -0.480 e. The van der Waals surface area contributed by atoms with Crippen LogP contribution >= 0.6 is 0 Å². The fraction of sp³-hybridized carbons (Fsp3) is 0.917. The van der Waals surface area contributed by atoms with Gasteiger partial charge in [-0.25, -0.2) is 0 Å². The second kappa shape index (κ2) is 7.63. The zero-order valence-electron chi connectivity index (χ0n) is 10.8. The van der Waals surface area contributed by atoms with Crippen molar-refractivity contribution in [2.75, 3.05) is 32.8 Å². The Hall–Kier alpha value is -0.650. The summed E-state index contributed by atoms with van der Waals surface area (Å²) in [5, 5.41) is 12.3. The van der Waals surface area contributed by atoms with Crippen LogP contribution in [0, 0.1) is 0 Å². The third-order valence-electron chi connectivity index (χ3n) is 3.29. The normalized spacial score (nSPS) is 21.9. The molecule has 0 saturated carbocycles. The van der Waals surface area contributed by atoms with E-state index in [0.717, 1.165) is 32.5 Å². The molecule has 0 bridgehead atoms. The SMILES string of the molecule is CCN(CC)CCNC(C(=O)O)C1CCCO1. The smallest absolute Gasteiger partial charge is 0.323 e. The summed E-state index contributed by atoms with van der Waals surface area (Å²) >= 11 is 0. The van der Waals surface area contributed by atoms with Crippen LogP contribution in [-0.2, 0) is 9.53 Å². The van der Waals surface area contributed by atoms with Gasteiger partial charge in [-0.05, 0) is 25.9 Å². The lowest BCUT2D eigenvalue weighted by Gasteiger charge is -2.23. The molecule has 0 spiro atoms. The first kappa shape index (κ1) is 14.4. The molecule has 100 valence electrons. The largest absolute Gasteiger partial charge is 0.480 e. The molecule has 2 N–H and O–H groups in total. The number of rotatable bonds is 8. The Bertz CT molecular complexity index is 226. The van der Waals surface area contributed by atoms with Gasteiger partial charge in [-0.2, -0.15) is 0 Å². The molecule has 1 aliphatic heterocycles. The lowest BCUT2D eigenvalue weighted by Crippen LogP contribution is -2.48. The average Bonchev–Trinajstić information content (AvgIpc) is 2.82. The number of nitrogens with one attached hydrogen (secondary N) is 1. The first-order chi connectivity index (χ1) is 8.19. The molecule has 0 radical (unpaired) electrons. The zero-order chi connectivity index (χ0) is 12.7. The van der Waals surface area contributed by atoms with Gasteiger partial charge in [0.05, 0.1) is 6.10 Å². The minimum absolute atomic E-state index is 0.163. The summed E-state index contributed by atoms with van der Waals surface area (Å²) in [5.41, 5.74) is 0. The summed E-state index contributed by atoms with van der Waals surface area (Å²) in [4.78, 5) is 13.4.